The van der Waals surface area contributed by atoms with Crippen LogP contribution in [-0.2, 0) is 26.2 Å². The maximum absolute atomic E-state index is 15.2. The first-order valence-corrected chi connectivity index (χ1v) is 25.5. The Hall–Kier alpha value is -9.04. The van der Waals surface area contributed by atoms with Gasteiger partial charge in [0.05, 0.1) is 38.1 Å². The quantitative estimate of drug-likeness (QED) is 0.0387. The van der Waals surface area contributed by atoms with E-state index >= 15 is 17.6 Å². The fourth-order valence-electron chi connectivity index (χ4n) is 8.97. The van der Waals surface area contributed by atoms with E-state index in [4.69, 9.17) is 9.47 Å². The van der Waals surface area contributed by atoms with Crippen molar-refractivity contribution in [2.45, 2.75) is 26.2 Å². The maximum atomic E-state index is 15.2. The molecule has 0 fully saturated rings. The molecular weight excluding hydrogens is 1070 g/mol. The van der Waals surface area contributed by atoms with Crippen LogP contribution in [0, 0.1) is 28.5 Å². The highest BCUT2D eigenvalue weighted by molar-refractivity contribution is 7.22. The number of thiophene rings is 2. The number of fused-ring (bicyclic) bond motifs is 2. The van der Waals surface area contributed by atoms with E-state index in [0.29, 0.717) is 36.9 Å². The van der Waals surface area contributed by atoms with Gasteiger partial charge >= 0.3 is 11.4 Å². The van der Waals surface area contributed by atoms with Gasteiger partial charge in [-0.3, -0.25) is 18.7 Å². The molecule has 10 aromatic rings. The van der Waals surface area contributed by atoms with E-state index in [-0.39, 0.29) is 68.3 Å². The molecule has 0 saturated carbocycles. The predicted molar refractivity (Wildman–Crippen MR) is 290 cm³/mol. The van der Waals surface area contributed by atoms with Gasteiger partial charge in [-0.15, -0.1) is 43.1 Å². The topological polar surface area (TPSA) is 203 Å². The largest absolute Gasteiger partial charge is 0.594 e. The van der Waals surface area contributed by atoms with Crippen LogP contribution in [0.1, 0.15) is 22.3 Å². The predicted octanol–water partition coefficient (Wildman–Crippen LogP) is 8.37. The fourth-order valence-corrected chi connectivity index (χ4v) is 11.6. The molecule has 6 aromatic heterocycles. The van der Waals surface area contributed by atoms with Crippen molar-refractivity contribution in [3.05, 3.63) is 202 Å². The number of halogens is 4. The molecule has 0 aliphatic heterocycles. The van der Waals surface area contributed by atoms with Crippen molar-refractivity contribution in [2.75, 3.05) is 42.4 Å². The molecule has 0 unspecified atom stereocenters. The maximum Gasteiger partial charge on any atom is 0.338 e. The van der Waals surface area contributed by atoms with Crippen molar-refractivity contribution in [3.8, 4) is 44.3 Å². The molecule has 0 saturated heterocycles. The van der Waals surface area contributed by atoms with E-state index < -0.39 is 70.0 Å². The van der Waals surface area contributed by atoms with Gasteiger partial charge in [0.1, 0.15) is 38.6 Å². The van der Waals surface area contributed by atoms with Crippen molar-refractivity contribution < 1.29 is 31.9 Å². The highest BCUT2D eigenvalue weighted by Crippen LogP contribution is 2.41. The van der Waals surface area contributed by atoms with Gasteiger partial charge in [0.25, 0.3) is 11.1 Å². The summed E-state index contributed by atoms with van der Waals surface area (Å²) in [5.41, 5.74) is -1.59. The molecule has 0 radical (unpaired) electrons. The van der Waals surface area contributed by atoms with E-state index in [2.05, 4.69) is 25.5 Å². The number of aromatic nitrogens is 8. The Kier molecular flexibility index (Phi) is 14.7. The van der Waals surface area contributed by atoms with Gasteiger partial charge in [0, 0.05) is 63.4 Å². The van der Waals surface area contributed by atoms with Gasteiger partial charge in [0.15, 0.2) is 11.6 Å². The first-order chi connectivity index (χ1) is 38.0. The second-order valence-corrected chi connectivity index (χ2v) is 20.4. The van der Waals surface area contributed by atoms with E-state index in [1.807, 2.05) is 9.80 Å². The third-order valence-electron chi connectivity index (χ3n) is 12.7. The Morgan fingerprint density at radius 1 is 0.544 bits per heavy atom. The number of hydrogen-bond acceptors (Lipinski definition) is 16. The lowest BCUT2D eigenvalue weighted by Crippen LogP contribution is -2.39. The smallest absolute Gasteiger partial charge is 0.338 e. The van der Waals surface area contributed by atoms with Crippen molar-refractivity contribution in [1.82, 2.24) is 48.5 Å². The lowest BCUT2D eigenvalue weighted by molar-refractivity contribution is -0.435. The zero-order valence-corrected chi connectivity index (χ0v) is 44.4. The molecule has 10 rings (SSSR count). The second-order valence-electron chi connectivity index (χ2n) is 18.4. The van der Waals surface area contributed by atoms with Crippen molar-refractivity contribution in [3.63, 3.8) is 0 Å². The van der Waals surface area contributed by atoms with Gasteiger partial charge in [0.2, 0.25) is 17.4 Å². The Balaban J connectivity index is 1.03. The number of methoxy groups -OCH3 is 2. The molecule has 6 heterocycles. The molecule has 0 N–H and O–H groups in total. The Labute approximate surface area is 452 Å². The summed E-state index contributed by atoms with van der Waals surface area (Å²) in [5, 5.41) is 34.2. The average molecular weight is 1110 g/mol. The van der Waals surface area contributed by atoms with Gasteiger partial charge in [-0.1, -0.05) is 29.1 Å². The zero-order valence-electron chi connectivity index (χ0n) is 42.8. The number of ether oxygens (including phenoxy) is 2. The minimum atomic E-state index is -0.917. The monoisotopic (exact) mass is 1110 g/mol. The van der Waals surface area contributed by atoms with Crippen molar-refractivity contribution in [1.29, 1.82) is 0 Å². The molecule has 402 valence electrons. The average Bonchev–Trinajstić information content (AvgIpc) is 4.07. The number of hydrogen-bond donors (Lipinski definition) is 0. The third-order valence-corrected chi connectivity index (χ3v) is 15.3. The van der Waals surface area contributed by atoms with Crippen molar-refractivity contribution >= 4 is 54.5 Å². The van der Waals surface area contributed by atoms with Gasteiger partial charge in [-0.05, 0) is 111 Å². The van der Waals surface area contributed by atoms with E-state index in [9.17, 15) is 24.4 Å². The summed E-state index contributed by atoms with van der Waals surface area (Å²) >= 11 is 2.15. The lowest BCUT2D eigenvalue weighted by atomic mass is 10.1. The van der Waals surface area contributed by atoms with Crippen molar-refractivity contribution in [2.24, 2.45) is 5.11 Å². The Bertz CT molecular complexity index is 4230. The van der Waals surface area contributed by atoms with Crippen LogP contribution in [0.25, 0.3) is 53.0 Å². The first-order valence-electron chi connectivity index (χ1n) is 23.9. The summed E-state index contributed by atoms with van der Waals surface area (Å²) in [7, 11) is 9.92. The molecule has 0 amide bonds. The van der Waals surface area contributed by atoms with Crippen LogP contribution in [0.5, 0.6) is 11.8 Å². The molecule has 4 aromatic carbocycles. The highest BCUT2D eigenvalue weighted by Gasteiger charge is 2.28. The molecule has 19 nitrogen and oxygen atoms in total. The van der Waals surface area contributed by atoms with E-state index in [0.717, 1.165) is 65.2 Å². The molecule has 0 aliphatic carbocycles. The van der Waals surface area contributed by atoms with Crippen LogP contribution in [0.15, 0.2) is 133 Å². The summed E-state index contributed by atoms with van der Waals surface area (Å²) in [6.07, 6.45) is 0. The number of nitrogens with zero attached hydrogens (tertiary/aromatic N) is 12. The number of azo groups is 1. The lowest BCUT2D eigenvalue weighted by Gasteiger charge is -2.14. The molecular formula is C54H44F4N12O7S2. The molecule has 0 aliphatic rings. The molecule has 0 bridgehead atoms. The normalized spacial score (nSPS) is 11.9. The SMILES string of the molecule is COc1ccc(-n2c(=O)c3c(CN(C)C)c(-c4ccc(N=[N+]([O-])c5ccc(-c6sc7c(c6CN(C)C)c(=O)n(-c6ccc(OC)nn6)c(=O)n7Cc6c(F)cccc6F)cc5)cc4)sc3n(Cc3c(F)cccc3F)c2=O)nn1. The molecule has 25 heteroatoms. The van der Waals surface area contributed by atoms with Crippen LogP contribution in [0.2, 0.25) is 0 Å². The fraction of sp³-hybridized carbons (Fsp3) is 0.185. The second kappa shape index (κ2) is 21.8. The first kappa shape index (κ1) is 53.4. The minimum Gasteiger partial charge on any atom is -0.594 e. The number of benzene rings is 4. The summed E-state index contributed by atoms with van der Waals surface area (Å²) in [4.78, 5) is 63.4. The summed E-state index contributed by atoms with van der Waals surface area (Å²) in [6, 6.07) is 25.2. The van der Waals surface area contributed by atoms with Crippen LogP contribution in [0.4, 0.5) is 28.9 Å². The summed E-state index contributed by atoms with van der Waals surface area (Å²) in [5.74, 6) is -3.60. The summed E-state index contributed by atoms with van der Waals surface area (Å²) < 4.78 is 75.0. The van der Waals surface area contributed by atoms with Gasteiger partial charge in [-0.2, -0.15) is 0 Å². The highest BCUT2D eigenvalue weighted by atomic mass is 32.1. The van der Waals surface area contributed by atoms with Crippen LogP contribution in [-0.4, -0.2) is 95.7 Å². The number of rotatable bonds is 16. The van der Waals surface area contributed by atoms with E-state index in [1.165, 1.54) is 62.8 Å². The third kappa shape index (κ3) is 10.1. The standard InChI is InChI=1S/C54H44F4N12O7S2/c1-64(2)25-35-45-49(71)68(41-21-23-43(76-5)61-59-41)53(73)66(27-33-37(55)9-7-10-38(33)56)51(45)78-47(35)29-13-17-31(18-14-29)63-70(75)32-19-15-30(16-20-32)48-36(26-65(3)4)46-50(72)69(42-22-24-44(77-6)62-60-42)54(74)67(52(46)79-48)28-34-39(57)11-8-12-40(34)58/h7-24H,25-28H2,1-6H3. The Morgan fingerprint density at radius 2 is 0.937 bits per heavy atom. The van der Waals surface area contributed by atoms with Gasteiger partial charge < -0.3 is 24.5 Å². The summed E-state index contributed by atoms with van der Waals surface area (Å²) in [6.45, 7) is -0.752. The Morgan fingerprint density at radius 3 is 1.29 bits per heavy atom. The molecule has 0 atom stereocenters. The van der Waals surface area contributed by atoms with Crippen LogP contribution >= 0.6 is 22.7 Å². The molecule has 79 heavy (non-hydrogen) atoms. The minimum absolute atomic E-state index is 0.105. The molecule has 0 spiro atoms. The van der Waals surface area contributed by atoms with Crippen LogP contribution in [0.3, 0.4) is 0 Å². The van der Waals surface area contributed by atoms with E-state index in [1.54, 1.807) is 64.6 Å². The van der Waals surface area contributed by atoms with Gasteiger partial charge in [-0.25, -0.2) is 36.3 Å². The van der Waals surface area contributed by atoms with Crippen LogP contribution < -0.4 is 32.0 Å². The zero-order chi connectivity index (χ0) is 56.0.